The van der Waals surface area contributed by atoms with Crippen molar-refractivity contribution in [3.8, 4) is 17.2 Å². The van der Waals surface area contributed by atoms with Crippen LogP contribution in [0, 0.1) is 10.1 Å². The second-order valence-electron chi connectivity index (χ2n) is 7.14. The van der Waals surface area contributed by atoms with Crippen molar-refractivity contribution in [1.29, 1.82) is 0 Å². The maximum atomic E-state index is 12.8. The molecule has 0 unspecified atom stereocenters. The van der Waals surface area contributed by atoms with Crippen LogP contribution in [0.15, 0.2) is 18.5 Å². The maximum absolute atomic E-state index is 12.8. The van der Waals surface area contributed by atoms with E-state index in [0.29, 0.717) is 48.7 Å². The summed E-state index contributed by atoms with van der Waals surface area (Å²) in [5.41, 5.74) is -0.599. The van der Waals surface area contributed by atoms with Gasteiger partial charge in [0.2, 0.25) is 16.7 Å². The van der Waals surface area contributed by atoms with E-state index in [1.54, 1.807) is 17.0 Å². The van der Waals surface area contributed by atoms with Crippen molar-refractivity contribution in [2.75, 3.05) is 32.2 Å². The van der Waals surface area contributed by atoms with Gasteiger partial charge in [-0.2, -0.15) is 0 Å². The van der Waals surface area contributed by atoms with Crippen molar-refractivity contribution >= 4 is 28.9 Å². The summed E-state index contributed by atoms with van der Waals surface area (Å²) >= 11 is 5.91. The van der Waals surface area contributed by atoms with Gasteiger partial charge in [-0.3, -0.25) is 14.9 Å². The lowest BCUT2D eigenvalue weighted by Gasteiger charge is -2.44. The summed E-state index contributed by atoms with van der Waals surface area (Å²) in [5.74, 6) is 1.35. The first-order valence-electron chi connectivity index (χ1n) is 9.26. The molecule has 0 atom stereocenters. The number of aromatic nitrogens is 2. The molecule has 0 N–H and O–H groups in total. The number of hydrogen-bond donors (Lipinski definition) is 0. The van der Waals surface area contributed by atoms with Crippen LogP contribution in [0.4, 0.5) is 11.5 Å². The molecule has 4 rings (SSSR count). The Balaban J connectivity index is 1.61. The van der Waals surface area contributed by atoms with E-state index >= 15 is 0 Å². The van der Waals surface area contributed by atoms with Crippen LogP contribution in [0.25, 0.3) is 0 Å². The van der Waals surface area contributed by atoms with E-state index < -0.39 is 10.5 Å². The fraction of sp³-hybridized carbons (Fsp3) is 0.421. The van der Waals surface area contributed by atoms with Gasteiger partial charge in [0.05, 0.1) is 31.1 Å². The maximum Gasteiger partial charge on any atom is 0.348 e. The number of ether oxygens (including phenoxy) is 3. The normalized spacial score (nSPS) is 17.3. The molecule has 0 aliphatic carbocycles. The van der Waals surface area contributed by atoms with Crippen molar-refractivity contribution in [3.63, 3.8) is 0 Å². The summed E-state index contributed by atoms with van der Waals surface area (Å²) in [6, 6.07) is 3.35. The predicted molar refractivity (Wildman–Crippen MR) is 107 cm³/mol. The molecule has 1 spiro atoms. The quantitative estimate of drug-likeness (QED) is 0.406. The number of piperidine rings is 1. The number of Topliss-reactive ketones (excluding diaryl/α,β-unsaturated/α-hetero) is 1. The van der Waals surface area contributed by atoms with E-state index in [-0.39, 0.29) is 28.9 Å². The second-order valence-corrected chi connectivity index (χ2v) is 7.50. The van der Waals surface area contributed by atoms with Gasteiger partial charge in [-0.15, -0.1) is 0 Å². The summed E-state index contributed by atoms with van der Waals surface area (Å²) in [7, 11) is 3.01. The Labute approximate surface area is 176 Å². The number of benzene rings is 1. The summed E-state index contributed by atoms with van der Waals surface area (Å²) in [6.07, 6.45) is 2.35. The zero-order valence-corrected chi connectivity index (χ0v) is 17.1. The second kappa shape index (κ2) is 7.60. The van der Waals surface area contributed by atoms with Crippen LogP contribution in [0.5, 0.6) is 17.2 Å². The van der Waals surface area contributed by atoms with Gasteiger partial charge in [0, 0.05) is 25.9 Å². The lowest BCUT2D eigenvalue weighted by molar-refractivity contribution is -0.384. The molecule has 11 heteroatoms. The minimum absolute atomic E-state index is 0.0401. The lowest BCUT2D eigenvalue weighted by atomic mass is 9.82. The van der Waals surface area contributed by atoms with Gasteiger partial charge in [-0.25, -0.2) is 9.97 Å². The van der Waals surface area contributed by atoms with Crippen molar-refractivity contribution in [2.45, 2.75) is 24.9 Å². The first kappa shape index (κ1) is 20.1. The Morgan fingerprint density at radius 3 is 2.60 bits per heavy atom. The lowest BCUT2D eigenvalue weighted by Crippen LogP contribution is -2.51. The number of carbonyl (C=O) groups excluding carboxylic acids is 1. The Kier molecular flexibility index (Phi) is 5.10. The molecule has 0 amide bonds. The molecule has 1 fully saturated rings. The number of anilines is 1. The summed E-state index contributed by atoms with van der Waals surface area (Å²) < 4.78 is 17.1. The van der Waals surface area contributed by atoms with Crippen molar-refractivity contribution in [1.82, 2.24) is 9.97 Å². The zero-order valence-electron chi connectivity index (χ0n) is 16.4. The van der Waals surface area contributed by atoms with Crippen LogP contribution in [0.2, 0.25) is 5.15 Å². The number of fused-ring (bicyclic) bond motifs is 1. The summed E-state index contributed by atoms with van der Waals surface area (Å²) in [4.78, 5) is 33.2. The standard InChI is InChI=1S/C19H19ClN4O6/c1-28-13-4-3-11-12(25)9-19(30-15(11)16(13)29-2)5-7-23(8-6-19)18-14(24(26)27)17(20)21-10-22-18/h3-4,10H,5-9H2,1-2H3. The van der Waals surface area contributed by atoms with E-state index in [9.17, 15) is 14.9 Å². The van der Waals surface area contributed by atoms with E-state index in [1.807, 2.05) is 0 Å². The molecule has 1 saturated heterocycles. The molecule has 158 valence electrons. The number of carbonyl (C=O) groups is 1. The third-order valence-electron chi connectivity index (χ3n) is 5.52. The fourth-order valence-corrected chi connectivity index (χ4v) is 4.20. The van der Waals surface area contributed by atoms with Gasteiger partial charge in [0.1, 0.15) is 11.9 Å². The number of ketones is 1. The van der Waals surface area contributed by atoms with Gasteiger partial charge in [-0.05, 0) is 12.1 Å². The molecule has 30 heavy (non-hydrogen) atoms. The molecule has 2 aliphatic rings. The van der Waals surface area contributed by atoms with Gasteiger partial charge >= 0.3 is 5.69 Å². The van der Waals surface area contributed by atoms with Crippen molar-refractivity contribution < 1.29 is 23.9 Å². The summed E-state index contributed by atoms with van der Waals surface area (Å²) in [5, 5.41) is 11.2. The molecule has 2 aliphatic heterocycles. The highest BCUT2D eigenvalue weighted by atomic mass is 35.5. The average molecular weight is 435 g/mol. The molecule has 0 radical (unpaired) electrons. The van der Waals surface area contributed by atoms with Crippen LogP contribution in [0.1, 0.15) is 29.6 Å². The first-order valence-corrected chi connectivity index (χ1v) is 9.64. The van der Waals surface area contributed by atoms with Gasteiger partial charge < -0.3 is 19.1 Å². The molecule has 1 aromatic heterocycles. The third kappa shape index (κ3) is 3.26. The largest absolute Gasteiger partial charge is 0.493 e. The van der Waals surface area contributed by atoms with Crippen LogP contribution in [-0.2, 0) is 0 Å². The average Bonchev–Trinajstić information content (AvgIpc) is 2.73. The molecular formula is C19H19ClN4O6. The third-order valence-corrected chi connectivity index (χ3v) is 5.79. The molecule has 1 aromatic carbocycles. The SMILES string of the molecule is COc1ccc2c(c1OC)OC1(CCN(c3ncnc(Cl)c3[N+](=O)[O-])CC1)CC2=O. The molecular weight excluding hydrogens is 416 g/mol. The molecule has 3 heterocycles. The zero-order chi connectivity index (χ0) is 21.5. The number of halogens is 1. The van der Waals surface area contributed by atoms with Crippen LogP contribution in [0.3, 0.4) is 0 Å². The topological polar surface area (TPSA) is 117 Å². The van der Waals surface area contributed by atoms with Crippen LogP contribution in [-0.4, -0.2) is 53.6 Å². The van der Waals surface area contributed by atoms with E-state index in [2.05, 4.69) is 9.97 Å². The number of nitro groups is 1. The fourth-order valence-electron chi connectivity index (χ4n) is 4.00. The minimum atomic E-state index is -0.730. The van der Waals surface area contributed by atoms with Gasteiger partial charge in [-0.1, -0.05) is 11.6 Å². The summed E-state index contributed by atoms with van der Waals surface area (Å²) in [6.45, 7) is 0.812. The molecule has 2 aromatic rings. The minimum Gasteiger partial charge on any atom is -0.493 e. The Hall–Kier alpha value is -3.14. The molecule has 0 saturated carbocycles. The molecule has 0 bridgehead atoms. The Bertz CT molecular complexity index is 1020. The van der Waals surface area contributed by atoms with E-state index in [1.165, 1.54) is 20.5 Å². The number of rotatable bonds is 4. The number of methoxy groups -OCH3 is 2. The Morgan fingerprint density at radius 2 is 1.97 bits per heavy atom. The Morgan fingerprint density at radius 1 is 1.23 bits per heavy atom. The van der Waals surface area contributed by atoms with Crippen molar-refractivity contribution in [2.24, 2.45) is 0 Å². The monoisotopic (exact) mass is 434 g/mol. The highest BCUT2D eigenvalue weighted by Gasteiger charge is 2.45. The van der Waals surface area contributed by atoms with Gasteiger partial charge in [0.25, 0.3) is 0 Å². The smallest absolute Gasteiger partial charge is 0.348 e. The van der Waals surface area contributed by atoms with Gasteiger partial charge in [0.15, 0.2) is 17.3 Å². The van der Waals surface area contributed by atoms with Crippen molar-refractivity contribution in [3.05, 3.63) is 39.3 Å². The number of nitrogens with zero attached hydrogens (tertiary/aromatic N) is 4. The number of hydrogen-bond acceptors (Lipinski definition) is 9. The highest BCUT2D eigenvalue weighted by molar-refractivity contribution is 6.31. The van der Waals surface area contributed by atoms with Crippen LogP contribution >= 0.6 is 11.6 Å². The molecule has 10 nitrogen and oxygen atoms in total. The predicted octanol–water partition coefficient (Wildman–Crippen LogP) is 3.06. The first-order chi connectivity index (χ1) is 14.4. The van der Waals surface area contributed by atoms with E-state index in [4.69, 9.17) is 25.8 Å². The van der Waals surface area contributed by atoms with E-state index in [0.717, 1.165) is 0 Å². The highest BCUT2D eigenvalue weighted by Crippen LogP contribution is 2.48. The van der Waals surface area contributed by atoms with Crippen LogP contribution < -0.4 is 19.1 Å².